The molecular weight excluding hydrogens is 142 g/mol. The maximum atomic E-state index is 9.49. The summed E-state index contributed by atoms with van der Waals surface area (Å²) in [5.41, 5.74) is 7.70. The molecule has 1 saturated carbocycles. The zero-order chi connectivity index (χ0) is 8.32. The minimum absolute atomic E-state index is 0.452. The molecular formula is C7H13N3O. The Hall–Kier alpha value is -0.730. The lowest BCUT2D eigenvalue weighted by Crippen LogP contribution is -2.39. The average molecular weight is 155 g/mol. The van der Waals surface area contributed by atoms with Crippen molar-refractivity contribution in [3.8, 4) is 0 Å². The van der Waals surface area contributed by atoms with Gasteiger partial charge in [0.2, 0.25) is 0 Å². The van der Waals surface area contributed by atoms with Crippen molar-refractivity contribution in [2.75, 3.05) is 0 Å². The van der Waals surface area contributed by atoms with Gasteiger partial charge in [-0.25, -0.2) is 0 Å². The fraction of sp³-hybridized carbons (Fsp3) is 1.00. The summed E-state index contributed by atoms with van der Waals surface area (Å²) in [5.74, 6) is 0. The van der Waals surface area contributed by atoms with Crippen LogP contribution in [0, 0.1) is 0 Å². The smallest absolute Gasteiger partial charge is 0.0718 e. The van der Waals surface area contributed by atoms with Crippen LogP contribution in [0.2, 0.25) is 0 Å². The summed E-state index contributed by atoms with van der Waals surface area (Å²) < 4.78 is 0. The third-order valence-electron chi connectivity index (χ3n) is 2.40. The monoisotopic (exact) mass is 155 g/mol. The molecule has 1 rings (SSSR count). The Balaban J connectivity index is 2.72. The molecule has 4 heteroatoms. The van der Waals surface area contributed by atoms with Crippen molar-refractivity contribution in [2.45, 2.75) is 44.2 Å². The van der Waals surface area contributed by atoms with E-state index >= 15 is 0 Å². The highest BCUT2D eigenvalue weighted by Gasteiger charge is 2.34. The van der Waals surface area contributed by atoms with Gasteiger partial charge in [-0.1, -0.05) is 24.9 Å². The van der Waals surface area contributed by atoms with E-state index in [2.05, 4.69) is 10.0 Å². The molecule has 1 fully saturated rings. The molecule has 0 radical (unpaired) electrons. The van der Waals surface area contributed by atoms with Crippen molar-refractivity contribution in [2.24, 2.45) is 5.11 Å². The standard InChI is InChI=1S/C7H13N3O/c1-7(9-10-8)5-3-2-4-6(7)11/h6,11H,2-5H2,1H3/t6-,7+/m0/s1. The van der Waals surface area contributed by atoms with E-state index in [1.807, 2.05) is 6.92 Å². The number of nitrogens with zero attached hydrogens (tertiary/aromatic N) is 3. The Bertz CT molecular complexity index is 188. The van der Waals surface area contributed by atoms with Gasteiger partial charge in [-0.05, 0) is 18.4 Å². The highest BCUT2D eigenvalue weighted by molar-refractivity contribution is 4.93. The zero-order valence-corrected chi connectivity index (χ0v) is 6.69. The normalized spacial score (nSPS) is 37.8. The van der Waals surface area contributed by atoms with E-state index in [4.69, 9.17) is 5.53 Å². The van der Waals surface area contributed by atoms with Gasteiger partial charge in [0.1, 0.15) is 0 Å². The number of rotatable bonds is 1. The van der Waals surface area contributed by atoms with E-state index in [-0.39, 0.29) is 0 Å². The number of azide groups is 1. The molecule has 0 amide bonds. The largest absolute Gasteiger partial charge is 0.392 e. The van der Waals surface area contributed by atoms with Crippen LogP contribution in [0.5, 0.6) is 0 Å². The van der Waals surface area contributed by atoms with Gasteiger partial charge in [0.05, 0.1) is 11.6 Å². The molecule has 1 aliphatic carbocycles. The molecule has 4 nitrogen and oxygen atoms in total. The molecule has 0 spiro atoms. The van der Waals surface area contributed by atoms with Gasteiger partial charge < -0.3 is 5.11 Å². The predicted molar refractivity (Wildman–Crippen MR) is 42.0 cm³/mol. The molecule has 0 unspecified atom stereocenters. The van der Waals surface area contributed by atoms with Crippen LogP contribution in [-0.2, 0) is 0 Å². The zero-order valence-electron chi connectivity index (χ0n) is 6.69. The maximum absolute atomic E-state index is 9.49. The van der Waals surface area contributed by atoms with Crippen molar-refractivity contribution in [3.63, 3.8) is 0 Å². The molecule has 1 N–H and O–H groups in total. The molecule has 0 aromatic heterocycles. The second-order valence-corrected chi connectivity index (χ2v) is 3.31. The number of aliphatic hydroxyl groups is 1. The minimum Gasteiger partial charge on any atom is -0.392 e. The summed E-state index contributed by atoms with van der Waals surface area (Å²) in [6.45, 7) is 1.82. The lowest BCUT2D eigenvalue weighted by Gasteiger charge is -2.33. The first-order chi connectivity index (χ1) is 5.19. The summed E-state index contributed by atoms with van der Waals surface area (Å²) in [7, 11) is 0. The van der Waals surface area contributed by atoms with Crippen LogP contribution in [0.3, 0.4) is 0 Å². The quantitative estimate of drug-likeness (QED) is 0.351. The van der Waals surface area contributed by atoms with E-state index in [9.17, 15) is 5.11 Å². The van der Waals surface area contributed by atoms with E-state index in [1.165, 1.54) is 0 Å². The minimum atomic E-state index is -0.549. The van der Waals surface area contributed by atoms with Crippen LogP contribution in [0.25, 0.3) is 10.4 Å². The van der Waals surface area contributed by atoms with Crippen LogP contribution >= 0.6 is 0 Å². The second-order valence-electron chi connectivity index (χ2n) is 3.31. The Morgan fingerprint density at radius 1 is 1.64 bits per heavy atom. The number of hydrogen-bond donors (Lipinski definition) is 1. The van der Waals surface area contributed by atoms with Gasteiger partial charge >= 0.3 is 0 Å². The first kappa shape index (κ1) is 8.37. The van der Waals surface area contributed by atoms with Crippen LogP contribution in [0.1, 0.15) is 32.6 Å². The van der Waals surface area contributed by atoms with Gasteiger partial charge in [0.15, 0.2) is 0 Å². The second kappa shape index (κ2) is 3.11. The van der Waals surface area contributed by atoms with Crippen molar-refractivity contribution in [3.05, 3.63) is 10.4 Å². The molecule has 0 heterocycles. The third-order valence-corrected chi connectivity index (χ3v) is 2.40. The molecule has 0 aromatic carbocycles. The first-order valence-corrected chi connectivity index (χ1v) is 3.93. The predicted octanol–water partition coefficient (Wildman–Crippen LogP) is 1.99. The Kier molecular flexibility index (Phi) is 2.37. The lowest BCUT2D eigenvalue weighted by molar-refractivity contribution is 0.0574. The fourth-order valence-corrected chi connectivity index (χ4v) is 1.52. The summed E-state index contributed by atoms with van der Waals surface area (Å²) in [6.07, 6.45) is 3.20. The fourth-order valence-electron chi connectivity index (χ4n) is 1.52. The molecule has 11 heavy (non-hydrogen) atoms. The number of hydrogen-bond acceptors (Lipinski definition) is 2. The van der Waals surface area contributed by atoms with Gasteiger partial charge in [-0.3, -0.25) is 0 Å². The average Bonchev–Trinajstić information content (AvgIpc) is 1.96. The van der Waals surface area contributed by atoms with Gasteiger partial charge in [-0.2, -0.15) is 0 Å². The van der Waals surface area contributed by atoms with E-state index in [0.717, 1.165) is 25.7 Å². The summed E-state index contributed by atoms with van der Waals surface area (Å²) in [4.78, 5) is 2.75. The highest BCUT2D eigenvalue weighted by atomic mass is 16.3. The SMILES string of the molecule is C[C@@]1(N=[N+]=[N-])CCCC[C@@H]1O. The van der Waals surface area contributed by atoms with Gasteiger partial charge in [0.25, 0.3) is 0 Å². The van der Waals surface area contributed by atoms with Crippen molar-refractivity contribution >= 4 is 0 Å². The van der Waals surface area contributed by atoms with Gasteiger partial charge in [0, 0.05) is 4.91 Å². The topological polar surface area (TPSA) is 69.0 Å². The van der Waals surface area contributed by atoms with Crippen LogP contribution in [0.15, 0.2) is 5.11 Å². The lowest BCUT2D eigenvalue weighted by atomic mass is 9.81. The summed E-state index contributed by atoms with van der Waals surface area (Å²) in [6, 6.07) is 0. The molecule has 1 aliphatic rings. The Morgan fingerprint density at radius 3 is 2.91 bits per heavy atom. The van der Waals surface area contributed by atoms with Crippen LogP contribution < -0.4 is 0 Å². The van der Waals surface area contributed by atoms with Gasteiger partial charge in [-0.15, -0.1) is 0 Å². The summed E-state index contributed by atoms with van der Waals surface area (Å²) in [5, 5.41) is 13.1. The van der Waals surface area contributed by atoms with Crippen molar-refractivity contribution in [1.29, 1.82) is 0 Å². The molecule has 62 valence electrons. The van der Waals surface area contributed by atoms with E-state index in [1.54, 1.807) is 0 Å². The van der Waals surface area contributed by atoms with Crippen molar-refractivity contribution in [1.82, 2.24) is 0 Å². The van der Waals surface area contributed by atoms with E-state index in [0.29, 0.717) is 0 Å². The Labute approximate surface area is 65.9 Å². The highest BCUT2D eigenvalue weighted by Crippen LogP contribution is 2.31. The Morgan fingerprint density at radius 2 is 2.36 bits per heavy atom. The molecule has 0 saturated heterocycles. The van der Waals surface area contributed by atoms with Crippen LogP contribution in [-0.4, -0.2) is 16.7 Å². The maximum Gasteiger partial charge on any atom is 0.0718 e. The molecule has 0 aliphatic heterocycles. The molecule has 2 atom stereocenters. The third kappa shape index (κ3) is 1.64. The summed E-state index contributed by atoms with van der Waals surface area (Å²) >= 11 is 0. The van der Waals surface area contributed by atoms with Crippen molar-refractivity contribution < 1.29 is 5.11 Å². The molecule has 0 bridgehead atoms. The number of aliphatic hydroxyl groups excluding tert-OH is 1. The molecule has 0 aromatic rings. The van der Waals surface area contributed by atoms with E-state index < -0.39 is 11.6 Å². The van der Waals surface area contributed by atoms with Crippen LogP contribution in [0.4, 0.5) is 0 Å². The first-order valence-electron chi connectivity index (χ1n) is 3.93.